The molecule has 2 nitrogen and oxygen atoms in total. The maximum Gasteiger partial charge on any atom is 0.0936 e. The maximum atomic E-state index is 4.48. The molecular formula is C10H18N2. The highest BCUT2D eigenvalue weighted by Gasteiger charge is 2.23. The summed E-state index contributed by atoms with van der Waals surface area (Å²) in [7, 11) is 2.09. The molecule has 0 atom stereocenters. The van der Waals surface area contributed by atoms with E-state index >= 15 is 0 Å². The molecule has 12 heavy (non-hydrogen) atoms. The molecular weight excluding hydrogens is 148 g/mol. The third-order valence-electron chi connectivity index (χ3n) is 2.41. The number of hydrogen-bond donors (Lipinski definition) is 0. The summed E-state index contributed by atoms with van der Waals surface area (Å²) in [5, 5.41) is 0. The van der Waals surface area contributed by atoms with E-state index in [-0.39, 0.29) is 5.54 Å². The van der Waals surface area contributed by atoms with Gasteiger partial charge in [0, 0.05) is 19.3 Å². The predicted octanol–water partition coefficient (Wildman–Crippen LogP) is 2.08. The van der Waals surface area contributed by atoms with E-state index in [0.29, 0.717) is 0 Å². The van der Waals surface area contributed by atoms with Crippen LogP contribution in [0.4, 0.5) is 0 Å². The van der Waals surface area contributed by atoms with Crippen LogP contribution in [-0.2, 0) is 0 Å². The zero-order valence-corrected chi connectivity index (χ0v) is 8.30. The quantitative estimate of drug-likeness (QED) is 0.538. The van der Waals surface area contributed by atoms with Crippen LogP contribution in [0.25, 0.3) is 0 Å². The molecule has 2 heteroatoms. The molecule has 0 aromatic heterocycles. The van der Waals surface area contributed by atoms with Gasteiger partial charge in [0.25, 0.3) is 0 Å². The molecule has 0 unspecified atom stereocenters. The molecule has 0 N–H and O–H groups in total. The Hall–Kier alpha value is -0.790. The van der Waals surface area contributed by atoms with Gasteiger partial charge in [-0.25, -0.2) is 0 Å². The van der Waals surface area contributed by atoms with Crippen molar-refractivity contribution < 1.29 is 0 Å². The first-order chi connectivity index (χ1) is 5.54. The molecule has 1 aliphatic heterocycles. The Kier molecular flexibility index (Phi) is 2.55. The highest BCUT2D eigenvalue weighted by molar-refractivity contribution is 5.58. The van der Waals surface area contributed by atoms with Crippen LogP contribution in [0.1, 0.15) is 26.7 Å². The normalized spacial score (nSPS) is 26.2. The SMILES string of the molecule is C=C1N(C)CCC/C=N\C1(C)C. The minimum Gasteiger partial charge on any atom is -0.376 e. The molecule has 0 saturated heterocycles. The Bertz CT molecular complexity index is 204. The molecule has 0 aromatic carbocycles. The van der Waals surface area contributed by atoms with Crippen molar-refractivity contribution in [3.8, 4) is 0 Å². The standard InChI is InChI=1S/C10H18N2/c1-9-10(2,3)11-7-5-6-8-12(9)4/h7H,1,5-6,8H2,2-4H3/b11-7-. The lowest BCUT2D eigenvalue weighted by atomic mass is 10.0. The molecule has 68 valence electrons. The number of nitrogens with zero attached hydrogens (tertiary/aromatic N) is 2. The van der Waals surface area contributed by atoms with Crippen LogP contribution in [-0.4, -0.2) is 30.2 Å². The van der Waals surface area contributed by atoms with E-state index in [2.05, 4.69) is 37.4 Å². The molecule has 1 aliphatic rings. The molecule has 0 aliphatic carbocycles. The molecule has 0 aromatic rings. The van der Waals surface area contributed by atoms with Crippen LogP contribution in [0.3, 0.4) is 0 Å². The van der Waals surface area contributed by atoms with Crippen LogP contribution in [0.2, 0.25) is 0 Å². The average molecular weight is 166 g/mol. The third-order valence-corrected chi connectivity index (χ3v) is 2.41. The Morgan fingerprint density at radius 3 is 2.92 bits per heavy atom. The zero-order chi connectivity index (χ0) is 9.19. The first kappa shape index (κ1) is 9.30. The van der Waals surface area contributed by atoms with Crippen molar-refractivity contribution in [2.24, 2.45) is 4.99 Å². The zero-order valence-electron chi connectivity index (χ0n) is 8.30. The van der Waals surface area contributed by atoms with E-state index in [0.717, 1.165) is 18.7 Å². The average Bonchev–Trinajstić information content (AvgIpc) is 2.00. The molecule has 0 radical (unpaired) electrons. The minimum absolute atomic E-state index is 0.116. The van der Waals surface area contributed by atoms with Gasteiger partial charge in [0.05, 0.1) is 5.54 Å². The smallest absolute Gasteiger partial charge is 0.0936 e. The summed E-state index contributed by atoms with van der Waals surface area (Å²) in [5.74, 6) is 0. The fourth-order valence-electron chi connectivity index (χ4n) is 1.39. The van der Waals surface area contributed by atoms with Crippen molar-refractivity contribution in [2.75, 3.05) is 13.6 Å². The van der Waals surface area contributed by atoms with Crippen LogP contribution >= 0.6 is 0 Å². The third kappa shape index (κ3) is 1.87. The largest absolute Gasteiger partial charge is 0.376 e. The van der Waals surface area contributed by atoms with Gasteiger partial charge in [-0.3, -0.25) is 4.99 Å². The van der Waals surface area contributed by atoms with Gasteiger partial charge < -0.3 is 4.90 Å². The Morgan fingerprint density at radius 1 is 1.58 bits per heavy atom. The molecule has 0 amide bonds. The highest BCUT2D eigenvalue weighted by atomic mass is 15.1. The lowest BCUT2D eigenvalue weighted by Crippen LogP contribution is -2.33. The Labute approximate surface area is 75.0 Å². The van der Waals surface area contributed by atoms with Crippen LogP contribution < -0.4 is 0 Å². The molecule has 0 spiro atoms. The highest BCUT2D eigenvalue weighted by Crippen LogP contribution is 2.23. The van der Waals surface area contributed by atoms with Gasteiger partial charge in [0.15, 0.2) is 0 Å². The van der Waals surface area contributed by atoms with Gasteiger partial charge in [-0.15, -0.1) is 0 Å². The second kappa shape index (κ2) is 3.30. The van der Waals surface area contributed by atoms with Crippen molar-refractivity contribution in [1.29, 1.82) is 0 Å². The summed E-state index contributed by atoms with van der Waals surface area (Å²) < 4.78 is 0. The van der Waals surface area contributed by atoms with Gasteiger partial charge in [-0.2, -0.15) is 0 Å². The first-order valence-electron chi connectivity index (χ1n) is 4.48. The van der Waals surface area contributed by atoms with Gasteiger partial charge in [-0.05, 0) is 32.9 Å². The van der Waals surface area contributed by atoms with Crippen molar-refractivity contribution in [2.45, 2.75) is 32.2 Å². The Morgan fingerprint density at radius 2 is 2.25 bits per heavy atom. The molecule has 0 saturated carbocycles. The summed E-state index contributed by atoms with van der Waals surface area (Å²) in [6.45, 7) is 9.36. The second-order valence-corrected chi connectivity index (χ2v) is 3.88. The van der Waals surface area contributed by atoms with Crippen LogP contribution in [0.15, 0.2) is 17.3 Å². The number of rotatable bonds is 0. The van der Waals surface area contributed by atoms with Gasteiger partial charge in [-0.1, -0.05) is 6.58 Å². The number of hydrogen-bond acceptors (Lipinski definition) is 2. The second-order valence-electron chi connectivity index (χ2n) is 3.88. The number of aliphatic imine (C=N–C) groups is 1. The molecule has 0 bridgehead atoms. The Balaban J connectivity index is 2.83. The molecule has 0 fully saturated rings. The van der Waals surface area contributed by atoms with E-state index in [1.165, 1.54) is 6.42 Å². The summed E-state index contributed by atoms with van der Waals surface area (Å²) in [6, 6.07) is 0. The lowest BCUT2D eigenvalue weighted by Gasteiger charge is -2.32. The van der Waals surface area contributed by atoms with E-state index in [1.54, 1.807) is 0 Å². The summed E-state index contributed by atoms with van der Waals surface area (Å²) >= 11 is 0. The topological polar surface area (TPSA) is 15.6 Å². The van der Waals surface area contributed by atoms with Gasteiger partial charge >= 0.3 is 0 Å². The predicted molar refractivity (Wildman–Crippen MR) is 53.6 cm³/mol. The number of likely N-dealkylation sites (N-methyl/N-ethyl adjacent to an activating group) is 1. The van der Waals surface area contributed by atoms with E-state index in [4.69, 9.17) is 0 Å². The van der Waals surface area contributed by atoms with E-state index in [9.17, 15) is 0 Å². The lowest BCUT2D eigenvalue weighted by molar-refractivity contribution is 0.345. The van der Waals surface area contributed by atoms with Crippen molar-refractivity contribution in [1.82, 2.24) is 4.90 Å². The van der Waals surface area contributed by atoms with Crippen molar-refractivity contribution in [3.05, 3.63) is 12.3 Å². The van der Waals surface area contributed by atoms with Crippen LogP contribution in [0.5, 0.6) is 0 Å². The fourth-order valence-corrected chi connectivity index (χ4v) is 1.39. The van der Waals surface area contributed by atoms with Gasteiger partial charge in [0.2, 0.25) is 0 Å². The van der Waals surface area contributed by atoms with E-state index in [1.807, 2.05) is 6.21 Å². The molecule has 1 heterocycles. The first-order valence-corrected chi connectivity index (χ1v) is 4.48. The minimum atomic E-state index is -0.116. The van der Waals surface area contributed by atoms with Crippen molar-refractivity contribution in [3.63, 3.8) is 0 Å². The summed E-state index contributed by atoms with van der Waals surface area (Å²) in [4.78, 5) is 6.69. The fraction of sp³-hybridized carbons (Fsp3) is 0.700. The molecule has 1 rings (SSSR count). The van der Waals surface area contributed by atoms with Gasteiger partial charge in [0.1, 0.15) is 0 Å². The summed E-state index contributed by atoms with van der Waals surface area (Å²) in [5.41, 5.74) is 0.994. The van der Waals surface area contributed by atoms with E-state index < -0.39 is 0 Å². The monoisotopic (exact) mass is 166 g/mol. The summed E-state index contributed by atoms with van der Waals surface area (Å²) in [6.07, 6.45) is 4.29. The van der Waals surface area contributed by atoms with Crippen molar-refractivity contribution >= 4 is 6.21 Å². The maximum absolute atomic E-state index is 4.48. The van der Waals surface area contributed by atoms with Crippen LogP contribution in [0, 0.1) is 0 Å².